The van der Waals surface area contributed by atoms with Crippen molar-refractivity contribution in [3.63, 3.8) is 0 Å². The highest BCUT2D eigenvalue weighted by Gasteiger charge is 2.34. The summed E-state index contributed by atoms with van der Waals surface area (Å²) in [6.07, 6.45) is 1.14. The molecule has 0 aromatic heterocycles. The maximum absolute atomic E-state index is 5.82. The van der Waals surface area contributed by atoms with Crippen LogP contribution in [0.25, 0.3) is 0 Å². The second kappa shape index (κ2) is 3.53. The first kappa shape index (κ1) is 10.5. The summed E-state index contributed by atoms with van der Waals surface area (Å²) in [5, 5.41) is 3.45. The van der Waals surface area contributed by atoms with E-state index < -0.39 is 0 Å². The van der Waals surface area contributed by atoms with Crippen molar-refractivity contribution in [2.45, 2.75) is 44.7 Å². The third-order valence-electron chi connectivity index (χ3n) is 2.70. The van der Waals surface area contributed by atoms with Gasteiger partial charge in [0.25, 0.3) is 0 Å². The molecule has 0 heterocycles. The van der Waals surface area contributed by atoms with Crippen LogP contribution in [0.5, 0.6) is 0 Å². The molecule has 1 aliphatic rings. The van der Waals surface area contributed by atoms with Gasteiger partial charge in [-0.05, 0) is 44.9 Å². The molecule has 1 aliphatic carbocycles. The molecule has 3 N–H and O–H groups in total. The number of nitrogens with two attached hydrogens (primary N) is 1. The number of hydrogen-bond donors (Lipinski definition) is 2. The Morgan fingerprint density at radius 1 is 1.20 bits per heavy atom. The first-order valence-electron chi connectivity index (χ1n) is 5.59. The fraction of sp³-hybridized carbons (Fsp3) is 0.538. The van der Waals surface area contributed by atoms with Gasteiger partial charge in [0.05, 0.1) is 0 Å². The van der Waals surface area contributed by atoms with E-state index >= 15 is 0 Å². The summed E-state index contributed by atoms with van der Waals surface area (Å²) in [5.74, 6) is 0.605. The standard InChI is InChI=1S/C13H20N2/c1-13(2,3)15-10-6-4-9(5-7-10)11-8-12(11)14/h4-7,11-12,15H,8,14H2,1-3H3. The Bertz CT molecular complexity index is 335. The van der Waals surface area contributed by atoms with Crippen LogP contribution < -0.4 is 11.1 Å². The monoisotopic (exact) mass is 204 g/mol. The summed E-state index contributed by atoms with van der Waals surface area (Å²) in [5.41, 5.74) is 8.50. The number of hydrogen-bond acceptors (Lipinski definition) is 2. The minimum Gasteiger partial charge on any atom is -0.380 e. The average Bonchev–Trinajstić information content (AvgIpc) is 2.81. The lowest BCUT2D eigenvalue weighted by molar-refractivity contribution is 0.634. The molecular weight excluding hydrogens is 184 g/mol. The molecule has 0 radical (unpaired) electrons. The van der Waals surface area contributed by atoms with Gasteiger partial charge in [0.15, 0.2) is 0 Å². The van der Waals surface area contributed by atoms with Gasteiger partial charge in [0.1, 0.15) is 0 Å². The molecule has 15 heavy (non-hydrogen) atoms. The topological polar surface area (TPSA) is 38.0 Å². The number of nitrogens with one attached hydrogen (secondary N) is 1. The largest absolute Gasteiger partial charge is 0.380 e. The molecule has 2 heteroatoms. The van der Waals surface area contributed by atoms with E-state index in [2.05, 4.69) is 50.4 Å². The van der Waals surface area contributed by atoms with Gasteiger partial charge in [-0.3, -0.25) is 0 Å². The summed E-state index contributed by atoms with van der Waals surface area (Å²) in [6.45, 7) is 6.49. The van der Waals surface area contributed by atoms with Crippen molar-refractivity contribution in [2.75, 3.05) is 5.32 Å². The Morgan fingerprint density at radius 2 is 1.73 bits per heavy atom. The van der Waals surface area contributed by atoms with Crippen molar-refractivity contribution < 1.29 is 0 Å². The molecular formula is C13H20N2. The van der Waals surface area contributed by atoms with Crippen LogP contribution in [-0.4, -0.2) is 11.6 Å². The van der Waals surface area contributed by atoms with Crippen LogP contribution in [0, 0.1) is 0 Å². The van der Waals surface area contributed by atoms with Gasteiger partial charge in [0, 0.05) is 23.2 Å². The molecule has 0 bridgehead atoms. The Labute approximate surface area is 91.9 Å². The van der Waals surface area contributed by atoms with Gasteiger partial charge in [-0.2, -0.15) is 0 Å². The van der Waals surface area contributed by atoms with E-state index in [1.54, 1.807) is 0 Å². The number of benzene rings is 1. The van der Waals surface area contributed by atoms with Gasteiger partial charge in [-0.15, -0.1) is 0 Å². The predicted octanol–water partition coefficient (Wildman–Crippen LogP) is 2.71. The summed E-state index contributed by atoms with van der Waals surface area (Å²) in [6, 6.07) is 9.06. The molecule has 2 nitrogen and oxygen atoms in total. The van der Waals surface area contributed by atoms with Crippen LogP contribution in [0.3, 0.4) is 0 Å². The van der Waals surface area contributed by atoms with Gasteiger partial charge in [-0.1, -0.05) is 12.1 Å². The van der Waals surface area contributed by atoms with E-state index in [1.165, 1.54) is 11.3 Å². The Hall–Kier alpha value is -1.02. The van der Waals surface area contributed by atoms with Crippen LogP contribution in [-0.2, 0) is 0 Å². The van der Waals surface area contributed by atoms with Crippen LogP contribution in [0.1, 0.15) is 38.7 Å². The highest BCUT2D eigenvalue weighted by molar-refractivity contribution is 5.47. The van der Waals surface area contributed by atoms with Gasteiger partial charge in [-0.25, -0.2) is 0 Å². The van der Waals surface area contributed by atoms with E-state index in [0.717, 1.165) is 6.42 Å². The molecule has 0 amide bonds. The fourth-order valence-electron chi connectivity index (χ4n) is 1.84. The molecule has 2 rings (SSSR count). The second-order valence-electron chi connectivity index (χ2n) is 5.50. The van der Waals surface area contributed by atoms with E-state index in [-0.39, 0.29) is 5.54 Å². The van der Waals surface area contributed by atoms with Gasteiger partial charge < -0.3 is 11.1 Å². The second-order valence-corrected chi connectivity index (χ2v) is 5.50. The first-order chi connectivity index (χ1) is 6.96. The summed E-state index contributed by atoms with van der Waals surface area (Å²) < 4.78 is 0. The number of rotatable bonds is 2. The molecule has 82 valence electrons. The summed E-state index contributed by atoms with van der Waals surface area (Å²) in [7, 11) is 0. The Kier molecular flexibility index (Phi) is 2.47. The van der Waals surface area contributed by atoms with Crippen molar-refractivity contribution in [3.8, 4) is 0 Å². The zero-order valence-electron chi connectivity index (χ0n) is 9.75. The van der Waals surface area contributed by atoms with Crippen LogP contribution in [0.2, 0.25) is 0 Å². The zero-order chi connectivity index (χ0) is 11.1. The molecule has 0 spiro atoms. The minimum atomic E-state index is 0.123. The summed E-state index contributed by atoms with van der Waals surface area (Å²) in [4.78, 5) is 0. The van der Waals surface area contributed by atoms with E-state index in [4.69, 9.17) is 5.73 Å². The van der Waals surface area contributed by atoms with Crippen molar-refractivity contribution in [3.05, 3.63) is 29.8 Å². The Morgan fingerprint density at radius 3 is 2.13 bits per heavy atom. The average molecular weight is 204 g/mol. The Balaban J connectivity index is 2.04. The van der Waals surface area contributed by atoms with Crippen LogP contribution >= 0.6 is 0 Å². The highest BCUT2D eigenvalue weighted by Crippen LogP contribution is 2.39. The third kappa shape index (κ3) is 2.72. The van der Waals surface area contributed by atoms with Crippen molar-refractivity contribution in [1.29, 1.82) is 0 Å². The molecule has 1 fully saturated rings. The van der Waals surface area contributed by atoms with Crippen molar-refractivity contribution in [1.82, 2.24) is 0 Å². The predicted molar refractivity (Wildman–Crippen MR) is 65.2 cm³/mol. The molecule has 1 saturated carbocycles. The van der Waals surface area contributed by atoms with Crippen LogP contribution in [0.15, 0.2) is 24.3 Å². The lowest BCUT2D eigenvalue weighted by Gasteiger charge is -2.22. The highest BCUT2D eigenvalue weighted by atomic mass is 14.9. The quantitative estimate of drug-likeness (QED) is 0.777. The molecule has 0 aliphatic heterocycles. The molecule has 2 unspecified atom stereocenters. The van der Waals surface area contributed by atoms with E-state index in [0.29, 0.717) is 12.0 Å². The fourth-order valence-corrected chi connectivity index (χ4v) is 1.84. The zero-order valence-corrected chi connectivity index (χ0v) is 9.75. The van der Waals surface area contributed by atoms with Gasteiger partial charge >= 0.3 is 0 Å². The molecule has 0 saturated heterocycles. The molecule has 2 atom stereocenters. The maximum atomic E-state index is 5.82. The van der Waals surface area contributed by atoms with Crippen molar-refractivity contribution in [2.24, 2.45) is 5.73 Å². The normalized spacial score (nSPS) is 25.1. The van der Waals surface area contributed by atoms with Crippen LogP contribution in [0.4, 0.5) is 5.69 Å². The maximum Gasteiger partial charge on any atom is 0.0344 e. The lowest BCUT2D eigenvalue weighted by Crippen LogP contribution is -2.25. The van der Waals surface area contributed by atoms with Crippen molar-refractivity contribution >= 4 is 5.69 Å². The smallest absolute Gasteiger partial charge is 0.0344 e. The molecule has 1 aromatic rings. The van der Waals surface area contributed by atoms with E-state index in [1.807, 2.05) is 0 Å². The SMILES string of the molecule is CC(C)(C)Nc1ccc(C2CC2N)cc1. The summed E-state index contributed by atoms with van der Waals surface area (Å²) >= 11 is 0. The third-order valence-corrected chi connectivity index (χ3v) is 2.70. The molecule has 1 aromatic carbocycles. The van der Waals surface area contributed by atoms with Gasteiger partial charge in [0.2, 0.25) is 0 Å². The number of anilines is 1. The lowest BCUT2D eigenvalue weighted by atomic mass is 10.1. The minimum absolute atomic E-state index is 0.123. The first-order valence-corrected chi connectivity index (χ1v) is 5.59. The van der Waals surface area contributed by atoms with E-state index in [9.17, 15) is 0 Å².